The summed E-state index contributed by atoms with van der Waals surface area (Å²) in [6.45, 7) is 0. The lowest BCUT2D eigenvalue weighted by Gasteiger charge is -2.14. The van der Waals surface area contributed by atoms with Crippen molar-refractivity contribution in [3.63, 3.8) is 0 Å². The molecule has 1 aromatic heterocycles. The summed E-state index contributed by atoms with van der Waals surface area (Å²) >= 11 is 2.32. The lowest BCUT2D eigenvalue weighted by molar-refractivity contribution is 0.746. The van der Waals surface area contributed by atoms with E-state index in [9.17, 15) is 0 Å². The number of rotatable bonds is 2. The van der Waals surface area contributed by atoms with E-state index in [-0.39, 0.29) is 0 Å². The molecular weight excluding hydrogens is 323 g/mol. The first-order chi connectivity index (χ1) is 8.33. The molecule has 0 aliphatic heterocycles. The zero-order valence-corrected chi connectivity index (χ0v) is 11.5. The third-order valence-electron chi connectivity index (χ3n) is 3.14. The summed E-state index contributed by atoms with van der Waals surface area (Å²) in [6.07, 6.45) is 4.15. The second kappa shape index (κ2) is 4.64. The maximum Gasteiger partial charge on any atom is 0.0691 e. The molecule has 1 aliphatic rings. The molecule has 0 amide bonds. The van der Waals surface area contributed by atoms with Crippen molar-refractivity contribution >= 4 is 28.3 Å². The first-order valence-corrected chi connectivity index (χ1v) is 6.87. The molecule has 2 aromatic rings. The van der Waals surface area contributed by atoms with E-state index in [2.05, 4.69) is 63.2 Å². The highest BCUT2D eigenvalue weighted by Crippen LogP contribution is 2.31. The molecule has 1 aromatic carbocycles. The molecular formula is C14H13IN2. The number of hydrogen-bond donors (Lipinski definition) is 1. The Morgan fingerprint density at radius 1 is 1.18 bits per heavy atom. The predicted octanol–water partition coefficient (Wildman–Crippen LogP) is 3.79. The standard InChI is InChI=1S/C14H13IN2/c15-11-4-6-12(7-5-11)17-13-8-3-10-2-1-9-16-14(10)13/h1-2,4-7,9,13,17H,3,8H2. The topological polar surface area (TPSA) is 24.9 Å². The number of pyridine rings is 1. The van der Waals surface area contributed by atoms with Crippen LogP contribution in [0.2, 0.25) is 0 Å². The number of halogens is 1. The van der Waals surface area contributed by atoms with Crippen LogP contribution in [-0.4, -0.2) is 4.98 Å². The first kappa shape index (κ1) is 11.0. The summed E-state index contributed by atoms with van der Waals surface area (Å²) in [5.74, 6) is 0. The number of aryl methyl sites for hydroxylation is 1. The van der Waals surface area contributed by atoms with Crippen LogP contribution in [0.1, 0.15) is 23.7 Å². The Hall–Kier alpha value is -1.10. The lowest BCUT2D eigenvalue weighted by Crippen LogP contribution is -2.08. The van der Waals surface area contributed by atoms with Crippen LogP contribution in [0.25, 0.3) is 0 Å². The molecule has 1 heterocycles. The molecule has 3 heteroatoms. The zero-order valence-electron chi connectivity index (χ0n) is 9.36. The second-order valence-corrected chi connectivity index (χ2v) is 5.54. The van der Waals surface area contributed by atoms with Crippen molar-refractivity contribution in [1.29, 1.82) is 0 Å². The number of fused-ring (bicyclic) bond motifs is 1. The third kappa shape index (κ3) is 2.29. The molecule has 0 radical (unpaired) electrons. The Morgan fingerprint density at radius 3 is 2.82 bits per heavy atom. The van der Waals surface area contributed by atoms with Gasteiger partial charge in [0.05, 0.1) is 11.7 Å². The molecule has 0 saturated carbocycles. The molecule has 2 nitrogen and oxygen atoms in total. The molecule has 3 rings (SSSR count). The van der Waals surface area contributed by atoms with Gasteiger partial charge in [-0.05, 0) is 71.3 Å². The van der Waals surface area contributed by atoms with Crippen LogP contribution in [0.3, 0.4) is 0 Å². The van der Waals surface area contributed by atoms with E-state index in [1.165, 1.54) is 20.5 Å². The Kier molecular flexibility index (Phi) is 3.01. The van der Waals surface area contributed by atoms with E-state index in [0.29, 0.717) is 6.04 Å². The van der Waals surface area contributed by atoms with Gasteiger partial charge in [-0.2, -0.15) is 0 Å². The second-order valence-electron chi connectivity index (χ2n) is 4.29. The third-order valence-corrected chi connectivity index (χ3v) is 3.86. The van der Waals surface area contributed by atoms with Gasteiger partial charge in [0.1, 0.15) is 0 Å². The summed E-state index contributed by atoms with van der Waals surface area (Å²) < 4.78 is 1.26. The predicted molar refractivity (Wildman–Crippen MR) is 78.1 cm³/mol. The number of hydrogen-bond acceptors (Lipinski definition) is 2. The normalized spacial score (nSPS) is 17.8. The SMILES string of the molecule is Ic1ccc(NC2CCc3cccnc32)cc1. The highest BCUT2D eigenvalue weighted by Gasteiger charge is 2.22. The van der Waals surface area contributed by atoms with Crippen molar-refractivity contribution < 1.29 is 0 Å². The van der Waals surface area contributed by atoms with Gasteiger partial charge >= 0.3 is 0 Å². The maximum atomic E-state index is 4.49. The average Bonchev–Trinajstić information content (AvgIpc) is 2.76. The van der Waals surface area contributed by atoms with Gasteiger partial charge in [0.15, 0.2) is 0 Å². The molecule has 0 bridgehead atoms. The fourth-order valence-corrected chi connectivity index (χ4v) is 2.66. The van der Waals surface area contributed by atoms with Gasteiger partial charge in [0, 0.05) is 15.5 Å². The minimum atomic E-state index is 0.367. The van der Waals surface area contributed by atoms with E-state index in [1.54, 1.807) is 0 Å². The highest BCUT2D eigenvalue weighted by atomic mass is 127. The van der Waals surface area contributed by atoms with E-state index in [1.807, 2.05) is 12.3 Å². The van der Waals surface area contributed by atoms with Crippen LogP contribution in [-0.2, 0) is 6.42 Å². The Balaban J connectivity index is 1.81. The van der Waals surface area contributed by atoms with Crippen molar-refractivity contribution in [2.75, 3.05) is 5.32 Å². The van der Waals surface area contributed by atoms with E-state index in [0.717, 1.165) is 12.8 Å². The van der Waals surface area contributed by atoms with Crippen molar-refractivity contribution in [2.24, 2.45) is 0 Å². The summed E-state index contributed by atoms with van der Waals surface area (Å²) in [5, 5.41) is 3.56. The summed E-state index contributed by atoms with van der Waals surface area (Å²) in [6, 6.07) is 13.1. The van der Waals surface area contributed by atoms with Gasteiger partial charge in [0.2, 0.25) is 0 Å². The maximum absolute atomic E-state index is 4.49. The summed E-state index contributed by atoms with van der Waals surface area (Å²) in [4.78, 5) is 4.49. The van der Waals surface area contributed by atoms with Gasteiger partial charge in [0.25, 0.3) is 0 Å². The van der Waals surface area contributed by atoms with Crippen molar-refractivity contribution in [1.82, 2.24) is 4.98 Å². The van der Waals surface area contributed by atoms with E-state index >= 15 is 0 Å². The molecule has 0 spiro atoms. The molecule has 1 atom stereocenters. The van der Waals surface area contributed by atoms with Crippen LogP contribution in [0.15, 0.2) is 42.6 Å². The summed E-state index contributed by atoms with van der Waals surface area (Å²) in [7, 11) is 0. The van der Waals surface area contributed by atoms with Gasteiger partial charge in [-0.1, -0.05) is 6.07 Å². The largest absolute Gasteiger partial charge is 0.377 e. The number of nitrogens with one attached hydrogen (secondary N) is 1. The van der Waals surface area contributed by atoms with Crippen molar-refractivity contribution in [3.05, 3.63) is 57.4 Å². The molecule has 86 valence electrons. The number of anilines is 1. The quantitative estimate of drug-likeness (QED) is 0.844. The van der Waals surface area contributed by atoms with Crippen LogP contribution in [0.5, 0.6) is 0 Å². The van der Waals surface area contributed by atoms with Gasteiger partial charge in [-0.15, -0.1) is 0 Å². The smallest absolute Gasteiger partial charge is 0.0691 e. The van der Waals surface area contributed by atoms with Gasteiger partial charge in [-0.25, -0.2) is 0 Å². The minimum Gasteiger partial charge on any atom is -0.377 e. The van der Waals surface area contributed by atoms with Crippen LogP contribution < -0.4 is 5.32 Å². The molecule has 1 unspecified atom stereocenters. The molecule has 0 saturated heterocycles. The van der Waals surface area contributed by atoms with Crippen molar-refractivity contribution in [3.8, 4) is 0 Å². The van der Waals surface area contributed by atoms with Crippen LogP contribution in [0, 0.1) is 3.57 Å². The first-order valence-electron chi connectivity index (χ1n) is 5.79. The number of benzene rings is 1. The van der Waals surface area contributed by atoms with Gasteiger partial charge in [-0.3, -0.25) is 4.98 Å². The minimum absolute atomic E-state index is 0.367. The summed E-state index contributed by atoms with van der Waals surface area (Å²) in [5.41, 5.74) is 3.77. The lowest BCUT2D eigenvalue weighted by atomic mass is 10.2. The van der Waals surface area contributed by atoms with Crippen LogP contribution >= 0.6 is 22.6 Å². The Labute approximate surface area is 115 Å². The van der Waals surface area contributed by atoms with E-state index in [4.69, 9.17) is 0 Å². The fraction of sp³-hybridized carbons (Fsp3) is 0.214. The molecule has 1 aliphatic carbocycles. The monoisotopic (exact) mass is 336 g/mol. The molecule has 0 fully saturated rings. The highest BCUT2D eigenvalue weighted by molar-refractivity contribution is 14.1. The molecule has 1 N–H and O–H groups in total. The van der Waals surface area contributed by atoms with E-state index < -0.39 is 0 Å². The number of nitrogens with zero attached hydrogens (tertiary/aromatic N) is 1. The van der Waals surface area contributed by atoms with Gasteiger partial charge < -0.3 is 5.32 Å². The Bertz CT molecular complexity index is 522. The Morgan fingerprint density at radius 2 is 2.00 bits per heavy atom. The van der Waals surface area contributed by atoms with Crippen molar-refractivity contribution in [2.45, 2.75) is 18.9 Å². The number of aromatic nitrogens is 1. The van der Waals surface area contributed by atoms with Crippen LogP contribution in [0.4, 0.5) is 5.69 Å². The fourth-order valence-electron chi connectivity index (χ4n) is 2.30. The zero-order chi connectivity index (χ0) is 11.7. The molecule has 17 heavy (non-hydrogen) atoms. The average molecular weight is 336 g/mol.